The molecular weight excluding hydrogens is 362 g/mol. The molecule has 0 fully saturated rings. The Morgan fingerprint density at radius 3 is 2.56 bits per heavy atom. The topological polar surface area (TPSA) is 66.8 Å². The van der Waals surface area contributed by atoms with Crippen LogP contribution in [0.1, 0.15) is 32.8 Å². The lowest BCUT2D eigenvalue weighted by Gasteiger charge is -2.31. The molecule has 2 rings (SSSR count). The molecule has 27 heavy (non-hydrogen) atoms. The van der Waals surface area contributed by atoms with Crippen molar-refractivity contribution in [2.24, 2.45) is 5.41 Å². The maximum Gasteiger partial charge on any atom is 0.511 e. The largest absolute Gasteiger partial charge is 0.511 e. The summed E-state index contributed by atoms with van der Waals surface area (Å²) in [5, 5.41) is 9.73. The highest BCUT2D eigenvalue weighted by molar-refractivity contribution is 8.03. The molecule has 1 aliphatic rings. The number of hydrogen-bond donors (Lipinski definition) is 1. The van der Waals surface area contributed by atoms with Crippen LogP contribution < -0.4 is 0 Å². The predicted molar refractivity (Wildman–Crippen MR) is 109 cm³/mol. The van der Waals surface area contributed by atoms with Crippen LogP contribution in [0.25, 0.3) is 0 Å². The Hall–Kier alpha value is -2.21. The van der Waals surface area contributed by atoms with Crippen molar-refractivity contribution in [2.45, 2.75) is 33.6 Å². The summed E-state index contributed by atoms with van der Waals surface area (Å²) in [6.45, 7) is 7.96. The first-order valence-electron chi connectivity index (χ1n) is 8.99. The molecule has 1 N–H and O–H groups in total. The number of allylic oxidation sites excluding steroid dienone is 1. The van der Waals surface area contributed by atoms with Crippen LogP contribution in [0.5, 0.6) is 0 Å². The van der Waals surface area contributed by atoms with E-state index in [2.05, 4.69) is 25.7 Å². The van der Waals surface area contributed by atoms with Crippen molar-refractivity contribution in [3.05, 3.63) is 58.8 Å². The minimum Gasteiger partial charge on any atom is -0.449 e. The van der Waals surface area contributed by atoms with Gasteiger partial charge in [-0.05, 0) is 23.5 Å². The zero-order chi connectivity index (χ0) is 19.9. The number of Topliss-reactive ketones (excluding diaryl/α,β-unsaturated/α-hetero) is 1. The number of benzene rings is 1. The molecule has 0 aromatic heterocycles. The molecule has 0 unspecified atom stereocenters. The maximum absolute atomic E-state index is 12.4. The third-order valence-corrected chi connectivity index (χ3v) is 5.24. The summed E-state index contributed by atoms with van der Waals surface area (Å²) < 4.78 is 4.95. The van der Waals surface area contributed by atoms with Crippen molar-refractivity contribution in [2.75, 3.05) is 18.8 Å². The summed E-state index contributed by atoms with van der Waals surface area (Å²) in [6.07, 6.45) is 3.53. The predicted octanol–water partition coefficient (Wildman–Crippen LogP) is 4.70. The highest BCUT2D eigenvalue weighted by Crippen LogP contribution is 2.31. The molecule has 1 aromatic carbocycles. The van der Waals surface area contributed by atoms with E-state index >= 15 is 0 Å². The highest BCUT2D eigenvalue weighted by Gasteiger charge is 2.23. The van der Waals surface area contributed by atoms with E-state index in [0.29, 0.717) is 23.8 Å². The minimum atomic E-state index is -1.35. The normalized spacial score (nSPS) is 14.4. The van der Waals surface area contributed by atoms with Gasteiger partial charge in [-0.25, -0.2) is 4.79 Å². The van der Waals surface area contributed by atoms with Gasteiger partial charge in [0.05, 0.1) is 5.75 Å². The summed E-state index contributed by atoms with van der Waals surface area (Å²) in [5.74, 6) is 0.662. The Labute approximate surface area is 165 Å². The van der Waals surface area contributed by atoms with Gasteiger partial charge in [0.15, 0.2) is 5.76 Å². The zero-order valence-corrected chi connectivity index (χ0v) is 16.9. The van der Waals surface area contributed by atoms with E-state index in [-0.39, 0.29) is 17.0 Å². The summed E-state index contributed by atoms with van der Waals surface area (Å²) in [6, 6.07) is 9.61. The number of carboxylic acid groups (broad SMARTS) is 1. The van der Waals surface area contributed by atoms with E-state index in [4.69, 9.17) is 9.84 Å². The van der Waals surface area contributed by atoms with E-state index < -0.39 is 6.16 Å². The summed E-state index contributed by atoms with van der Waals surface area (Å²) >= 11 is 1.35. The fraction of sp³-hybridized carbons (Fsp3) is 0.429. The Morgan fingerprint density at radius 1 is 1.22 bits per heavy atom. The first-order chi connectivity index (χ1) is 12.7. The lowest BCUT2D eigenvalue weighted by molar-refractivity contribution is -0.116. The van der Waals surface area contributed by atoms with Gasteiger partial charge in [-0.15, -0.1) is 0 Å². The van der Waals surface area contributed by atoms with Crippen LogP contribution in [0, 0.1) is 5.41 Å². The lowest BCUT2D eigenvalue weighted by atomic mass is 9.92. The molecule has 0 aliphatic carbocycles. The van der Waals surface area contributed by atoms with Gasteiger partial charge in [0.1, 0.15) is 10.8 Å². The third-order valence-electron chi connectivity index (χ3n) is 4.04. The molecular formula is C21H27NO4S. The maximum atomic E-state index is 12.4. The SMILES string of the molecule is CC(C)(C)CCN1CC=CC(OC(=O)O)=C1SCC(=O)Cc1ccccc1. The zero-order valence-electron chi connectivity index (χ0n) is 16.1. The highest BCUT2D eigenvalue weighted by atomic mass is 32.2. The molecule has 0 saturated carbocycles. The van der Waals surface area contributed by atoms with E-state index in [0.717, 1.165) is 18.5 Å². The molecule has 0 bridgehead atoms. The number of carbonyl (C=O) groups excluding carboxylic acids is 1. The monoisotopic (exact) mass is 389 g/mol. The van der Waals surface area contributed by atoms with Gasteiger partial charge in [-0.2, -0.15) is 0 Å². The molecule has 5 nitrogen and oxygen atoms in total. The van der Waals surface area contributed by atoms with Crippen molar-refractivity contribution < 1.29 is 19.4 Å². The average Bonchev–Trinajstić information content (AvgIpc) is 2.58. The molecule has 146 valence electrons. The van der Waals surface area contributed by atoms with Gasteiger partial charge >= 0.3 is 6.16 Å². The smallest absolute Gasteiger partial charge is 0.449 e. The van der Waals surface area contributed by atoms with Gasteiger partial charge in [0, 0.05) is 19.5 Å². The average molecular weight is 390 g/mol. The first-order valence-corrected chi connectivity index (χ1v) is 9.98. The van der Waals surface area contributed by atoms with Crippen molar-refractivity contribution in [1.29, 1.82) is 0 Å². The van der Waals surface area contributed by atoms with Gasteiger partial charge in [0.2, 0.25) is 0 Å². The molecule has 1 heterocycles. The van der Waals surface area contributed by atoms with Crippen molar-refractivity contribution in [3.63, 3.8) is 0 Å². The van der Waals surface area contributed by atoms with E-state index in [1.807, 2.05) is 36.4 Å². The van der Waals surface area contributed by atoms with Gasteiger partial charge < -0.3 is 14.7 Å². The number of rotatable bonds is 8. The standard InChI is InChI=1S/C21H27NO4S/c1-21(2,3)11-13-22-12-7-10-18(26-20(24)25)19(22)27-15-17(23)14-16-8-5-4-6-9-16/h4-10H,11-15H2,1-3H3,(H,24,25). The molecule has 0 saturated heterocycles. The van der Waals surface area contributed by atoms with Gasteiger partial charge in [-0.3, -0.25) is 4.79 Å². The van der Waals surface area contributed by atoms with Gasteiger partial charge in [-0.1, -0.05) is 68.9 Å². The molecule has 0 spiro atoms. The number of thioether (sulfide) groups is 1. The van der Waals surface area contributed by atoms with Crippen molar-refractivity contribution >= 4 is 23.7 Å². The second-order valence-corrected chi connectivity index (χ2v) is 8.65. The van der Waals surface area contributed by atoms with Crippen molar-refractivity contribution in [1.82, 2.24) is 4.90 Å². The Kier molecular flexibility index (Phi) is 7.54. The van der Waals surface area contributed by atoms with Crippen LogP contribution >= 0.6 is 11.8 Å². The number of nitrogens with zero attached hydrogens (tertiary/aromatic N) is 1. The second-order valence-electron chi connectivity index (χ2n) is 7.69. The number of ether oxygens (including phenoxy) is 1. The quantitative estimate of drug-likeness (QED) is 0.650. The van der Waals surface area contributed by atoms with E-state index in [1.54, 1.807) is 6.08 Å². The molecule has 0 radical (unpaired) electrons. The second kappa shape index (κ2) is 9.65. The number of hydrogen-bond acceptors (Lipinski definition) is 5. The Bertz CT molecular complexity index is 719. The molecule has 1 aliphatic heterocycles. The number of carbonyl (C=O) groups is 2. The minimum absolute atomic E-state index is 0.0960. The Morgan fingerprint density at radius 2 is 1.93 bits per heavy atom. The fourth-order valence-corrected chi connectivity index (χ4v) is 3.62. The van der Waals surface area contributed by atoms with Crippen LogP contribution in [0.3, 0.4) is 0 Å². The Balaban J connectivity index is 2.07. The van der Waals surface area contributed by atoms with Crippen LogP contribution in [0.2, 0.25) is 0 Å². The number of ketones is 1. The third kappa shape index (κ3) is 7.51. The van der Waals surface area contributed by atoms with E-state index in [9.17, 15) is 9.59 Å². The summed E-state index contributed by atoms with van der Waals surface area (Å²) in [7, 11) is 0. The first kappa shape index (κ1) is 21.1. The van der Waals surface area contributed by atoms with E-state index in [1.165, 1.54) is 11.8 Å². The molecule has 6 heteroatoms. The fourth-order valence-electron chi connectivity index (χ4n) is 2.62. The molecule has 1 aromatic rings. The summed E-state index contributed by atoms with van der Waals surface area (Å²) in [5.41, 5.74) is 1.14. The van der Waals surface area contributed by atoms with Crippen LogP contribution in [-0.4, -0.2) is 40.8 Å². The van der Waals surface area contributed by atoms with Crippen LogP contribution in [0.15, 0.2) is 53.3 Å². The van der Waals surface area contributed by atoms with Crippen LogP contribution in [-0.2, 0) is 16.0 Å². The van der Waals surface area contributed by atoms with Crippen molar-refractivity contribution in [3.8, 4) is 0 Å². The van der Waals surface area contributed by atoms with Crippen LogP contribution in [0.4, 0.5) is 4.79 Å². The summed E-state index contributed by atoms with van der Waals surface area (Å²) in [4.78, 5) is 25.5. The molecule has 0 atom stereocenters. The lowest BCUT2D eigenvalue weighted by Crippen LogP contribution is -2.30. The molecule has 0 amide bonds. The van der Waals surface area contributed by atoms with Gasteiger partial charge in [0.25, 0.3) is 0 Å².